The average Bonchev–Trinajstić information content (AvgIpc) is 2.91. The van der Waals surface area contributed by atoms with Crippen LogP contribution in [-0.4, -0.2) is 26.7 Å². The summed E-state index contributed by atoms with van der Waals surface area (Å²) in [6.07, 6.45) is 3.76. The summed E-state index contributed by atoms with van der Waals surface area (Å²) in [7, 11) is 0. The van der Waals surface area contributed by atoms with Gasteiger partial charge in [0.15, 0.2) is 0 Å². The quantitative estimate of drug-likeness (QED) is 0.838. The van der Waals surface area contributed by atoms with Gasteiger partial charge in [0.25, 0.3) is 0 Å². The average molecular weight is 259 g/mol. The number of carbonyl (C=O) groups is 1. The monoisotopic (exact) mass is 259 g/mol. The number of carbonyl (C=O) groups excluding carboxylic acids is 1. The van der Waals surface area contributed by atoms with E-state index in [4.69, 9.17) is 5.73 Å². The van der Waals surface area contributed by atoms with E-state index in [0.717, 1.165) is 11.3 Å². The Labute approximate surface area is 111 Å². The Morgan fingerprint density at radius 1 is 1.53 bits per heavy atom. The topological polar surface area (TPSA) is 85.8 Å². The highest BCUT2D eigenvalue weighted by atomic mass is 16.2. The highest BCUT2D eigenvalue weighted by Crippen LogP contribution is 2.12. The molecule has 100 valence electrons. The van der Waals surface area contributed by atoms with Crippen molar-refractivity contribution in [1.82, 2.24) is 14.8 Å². The predicted molar refractivity (Wildman–Crippen MR) is 72.5 cm³/mol. The van der Waals surface area contributed by atoms with Crippen LogP contribution in [0.2, 0.25) is 0 Å². The molecule has 0 aliphatic carbocycles. The highest BCUT2D eigenvalue weighted by molar-refractivity contribution is 5.94. The van der Waals surface area contributed by atoms with Crippen LogP contribution >= 0.6 is 0 Å². The minimum Gasteiger partial charge on any atom is -0.325 e. The molecule has 1 aromatic carbocycles. The van der Waals surface area contributed by atoms with Crippen molar-refractivity contribution in [2.24, 2.45) is 5.73 Å². The minimum atomic E-state index is -0.473. The van der Waals surface area contributed by atoms with Crippen molar-refractivity contribution in [3.05, 3.63) is 42.5 Å². The lowest BCUT2D eigenvalue weighted by Gasteiger charge is -2.11. The number of hydrogen-bond donors (Lipinski definition) is 2. The molecule has 0 aliphatic heterocycles. The van der Waals surface area contributed by atoms with Crippen LogP contribution in [-0.2, 0) is 11.3 Å². The predicted octanol–water partition coefficient (Wildman–Crippen LogP) is 1.00. The van der Waals surface area contributed by atoms with Gasteiger partial charge in [-0.1, -0.05) is 19.1 Å². The van der Waals surface area contributed by atoms with E-state index < -0.39 is 6.04 Å². The maximum Gasteiger partial charge on any atom is 0.241 e. The van der Waals surface area contributed by atoms with E-state index in [2.05, 4.69) is 15.4 Å². The number of anilines is 1. The van der Waals surface area contributed by atoms with Crippen molar-refractivity contribution < 1.29 is 4.79 Å². The van der Waals surface area contributed by atoms with Crippen LogP contribution < -0.4 is 11.1 Å². The zero-order valence-corrected chi connectivity index (χ0v) is 10.8. The van der Waals surface area contributed by atoms with Gasteiger partial charge in [-0.2, -0.15) is 5.10 Å². The largest absolute Gasteiger partial charge is 0.325 e. The molecule has 0 saturated carbocycles. The number of rotatable bonds is 5. The lowest BCUT2D eigenvalue weighted by molar-refractivity contribution is -0.117. The van der Waals surface area contributed by atoms with Crippen LogP contribution in [0, 0.1) is 0 Å². The van der Waals surface area contributed by atoms with E-state index in [9.17, 15) is 4.79 Å². The minimum absolute atomic E-state index is 0.166. The molecule has 0 fully saturated rings. The Hall–Kier alpha value is -2.21. The van der Waals surface area contributed by atoms with Gasteiger partial charge in [-0.05, 0) is 24.1 Å². The number of benzene rings is 1. The van der Waals surface area contributed by atoms with Crippen LogP contribution in [0.1, 0.15) is 18.9 Å². The standard InChI is InChI=1S/C13H17N5O/c1-2-12(14)13(19)17-11-5-3-4-10(6-11)7-18-9-15-8-16-18/h3-6,8-9,12H,2,7,14H2,1H3,(H,17,19)/t12-/m1/s1. The van der Waals surface area contributed by atoms with Crippen LogP contribution in [0.5, 0.6) is 0 Å². The summed E-state index contributed by atoms with van der Waals surface area (Å²) in [6.45, 7) is 2.49. The van der Waals surface area contributed by atoms with Gasteiger partial charge in [0.05, 0.1) is 12.6 Å². The lowest BCUT2D eigenvalue weighted by atomic mass is 10.2. The fourth-order valence-electron chi connectivity index (χ4n) is 1.67. The molecule has 1 aromatic heterocycles. The first kappa shape index (κ1) is 13.2. The molecule has 2 aromatic rings. The summed E-state index contributed by atoms with van der Waals surface area (Å²) in [5, 5.41) is 6.85. The summed E-state index contributed by atoms with van der Waals surface area (Å²) in [5.41, 5.74) is 7.46. The van der Waals surface area contributed by atoms with Gasteiger partial charge < -0.3 is 11.1 Å². The lowest BCUT2D eigenvalue weighted by Crippen LogP contribution is -2.34. The highest BCUT2D eigenvalue weighted by Gasteiger charge is 2.10. The van der Waals surface area contributed by atoms with Gasteiger partial charge in [0.2, 0.25) is 5.91 Å². The molecule has 0 bridgehead atoms. The van der Waals surface area contributed by atoms with E-state index in [1.54, 1.807) is 11.0 Å². The molecule has 2 rings (SSSR count). The molecule has 1 amide bonds. The second-order valence-electron chi connectivity index (χ2n) is 4.30. The van der Waals surface area contributed by atoms with Gasteiger partial charge in [0, 0.05) is 5.69 Å². The molecule has 0 unspecified atom stereocenters. The first-order valence-corrected chi connectivity index (χ1v) is 6.17. The Bertz CT molecular complexity index is 538. The summed E-state index contributed by atoms with van der Waals surface area (Å²) in [5.74, 6) is -0.166. The van der Waals surface area contributed by atoms with Crippen LogP contribution in [0.25, 0.3) is 0 Å². The van der Waals surface area contributed by atoms with Crippen molar-refractivity contribution >= 4 is 11.6 Å². The van der Waals surface area contributed by atoms with Gasteiger partial charge in [-0.25, -0.2) is 9.67 Å². The third-order valence-electron chi connectivity index (χ3n) is 2.78. The molecule has 19 heavy (non-hydrogen) atoms. The Morgan fingerprint density at radius 3 is 3.05 bits per heavy atom. The van der Waals surface area contributed by atoms with Crippen molar-refractivity contribution in [3.63, 3.8) is 0 Å². The third-order valence-corrected chi connectivity index (χ3v) is 2.78. The van der Waals surface area contributed by atoms with Gasteiger partial charge >= 0.3 is 0 Å². The van der Waals surface area contributed by atoms with Gasteiger partial charge in [-0.15, -0.1) is 0 Å². The molecule has 0 spiro atoms. The molecule has 1 atom stereocenters. The summed E-state index contributed by atoms with van der Waals surface area (Å²) in [6, 6.07) is 7.13. The first-order valence-electron chi connectivity index (χ1n) is 6.17. The number of nitrogens with one attached hydrogen (secondary N) is 1. The first-order chi connectivity index (χ1) is 9.19. The van der Waals surface area contributed by atoms with E-state index in [-0.39, 0.29) is 5.91 Å². The molecular weight excluding hydrogens is 242 g/mol. The van der Waals surface area contributed by atoms with E-state index in [1.807, 2.05) is 31.2 Å². The molecule has 3 N–H and O–H groups in total. The van der Waals surface area contributed by atoms with Gasteiger partial charge in [-0.3, -0.25) is 4.79 Å². The van der Waals surface area contributed by atoms with Crippen molar-refractivity contribution in [2.45, 2.75) is 25.9 Å². The molecule has 0 aliphatic rings. The second kappa shape index (κ2) is 6.10. The van der Waals surface area contributed by atoms with Crippen LogP contribution in [0.4, 0.5) is 5.69 Å². The zero-order valence-electron chi connectivity index (χ0n) is 10.8. The Balaban J connectivity index is 2.05. The Kier molecular flexibility index (Phi) is 4.25. The van der Waals surface area contributed by atoms with Crippen LogP contribution in [0.3, 0.4) is 0 Å². The molecule has 6 nitrogen and oxygen atoms in total. The van der Waals surface area contributed by atoms with E-state index >= 15 is 0 Å². The zero-order chi connectivity index (χ0) is 13.7. The number of aromatic nitrogens is 3. The van der Waals surface area contributed by atoms with Crippen molar-refractivity contribution in [3.8, 4) is 0 Å². The normalized spacial score (nSPS) is 12.1. The van der Waals surface area contributed by atoms with Crippen LogP contribution in [0.15, 0.2) is 36.9 Å². The maximum atomic E-state index is 11.7. The molecule has 0 saturated heterocycles. The fourth-order valence-corrected chi connectivity index (χ4v) is 1.67. The number of nitrogens with zero attached hydrogens (tertiary/aromatic N) is 3. The maximum absolute atomic E-state index is 11.7. The smallest absolute Gasteiger partial charge is 0.241 e. The fraction of sp³-hybridized carbons (Fsp3) is 0.308. The van der Waals surface area contributed by atoms with E-state index in [0.29, 0.717) is 13.0 Å². The third kappa shape index (κ3) is 3.62. The second-order valence-corrected chi connectivity index (χ2v) is 4.30. The summed E-state index contributed by atoms with van der Waals surface area (Å²) in [4.78, 5) is 15.6. The van der Waals surface area contributed by atoms with Crippen molar-refractivity contribution in [2.75, 3.05) is 5.32 Å². The van der Waals surface area contributed by atoms with Gasteiger partial charge in [0.1, 0.15) is 12.7 Å². The molecule has 1 heterocycles. The summed E-state index contributed by atoms with van der Waals surface area (Å²) < 4.78 is 1.72. The Morgan fingerprint density at radius 2 is 2.37 bits per heavy atom. The summed E-state index contributed by atoms with van der Waals surface area (Å²) >= 11 is 0. The number of hydrogen-bond acceptors (Lipinski definition) is 4. The molecular formula is C13H17N5O. The molecule has 6 heteroatoms. The van der Waals surface area contributed by atoms with E-state index in [1.165, 1.54) is 6.33 Å². The number of amides is 1. The number of nitrogens with two attached hydrogens (primary N) is 1. The van der Waals surface area contributed by atoms with Crippen molar-refractivity contribution in [1.29, 1.82) is 0 Å². The molecule has 0 radical (unpaired) electrons. The SMILES string of the molecule is CC[C@@H](N)C(=O)Nc1cccc(Cn2cncn2)c1.